The molecule has 1 N–H and O–H groups in total. The number of fused-ring (bicyclic) bond motifs is 1. The molecule has 0 amide bonds. The van der Waals surface area contributed by atoms with Crippen LogP contribution in [-0.4, -0.2) is 22.8 Å². The molecule has 0 bridgehead atoms. The van der Waals surface area contributed by atoms with Crippen molar-refractivity contribution < 1.29 is 19.4 Å². The van der Waals surface area contributed by atoms with E-state index in [1.165, 1.54) is 5.56 Å². The fourth-order valence-corrected chi connectivity index (χ4v) is 3.47. The van der Waals surface area contributed by atoms with Crippen LogP contribution in [0.4, 0.5) is 0 Å². The van der Waals surface area contributed by atoms with Crippen LogP contribution in [0.5, 0.6) is 11.5 Å². The highest BCUT2D eigenvalue weighted by molar-refractivity contribution is 6.10. The summed E-state index contributed by atoms with van der Waals surface area (Å²) in [5, 5.41) is 10.4. The van der Waals surface area contributed by atoms with E-state index in [9.17, 15) is 14.7 Å². The number of carbonyl (C=O) groups excluding carboxylic acids is 2. The molecule has 2 aromatic carbocycles. The minimum absolute atomic E-state index is 0.112. The Balaban J connectivity index is 1.86. The van der Waals surface area contributed by atoms with E-state index in [-0.39, 0.29) is 23.0 Å². The molecule has 2 atom stereocenters. The highest BCUT2D eigenvalue weighted by atomic mass is 16.5. The molecule has 0 aliphatic carbocycles. The second-order valence-electron chi connectivity index (χ2n) is 7.52. The number of ether oxygens (including phenoxy) is 1. The predicted molar refractivity (Wildman–Crippen MR) is 99.9 cm³/mol. The molecule has 0 saturated heterocycles. The molecule has 2 aromatic rings. The van der Waals surface area contributed by atoms with E-state index in [2.05, 4.69) is 19.1 Å². The summed E-state index contributed by atoms with van der Waals surface area (Å²) in [6, 6.07) is 13.7. The number of ketones is 1. The van der Waals surface area contributed by atoms with Crippen LogP contribution in [0.1, 0.15) is 54.6 Å². The van der Waals surface area contributed by atoms with Crippen LogP contribution in [0, 0.1) is 5.92 Å². The third-order valence-corrected chi connectivity index (χ3v) is 5.17. The van der Waals surface area contributed by atoms with Crippen LogP contribution in [0.3, 0.4) is 0 Å². The summed E-state index contributed by atoms with van der Waals surface area (Å²) in [5.74, 6) is -0.859. The summed E-state index contributed by atoms with van der Waals surface area (Å²) in [7, 11) is 0. The Kier molecular flexibility index (Phi) is 4.86. The van der Waals surface area contributed by atoms with Gasteiger partial charge in [-0.05, 0) is 55.9 Å². The summed E-state index contributed by atoms with van der Waals surface area (Å²) in [4.78, 5) is 23.9. The van der Waals surface area contributed by atoms with Crippen molar-refractivity contribution in [2.24, 2.45) is 5.92 Å². The van der Waals surface area contributed by atoms with E-state index >= 15 is 0 Å². The summed E-state index contributed by atoms with van der Waals surface area (Å²) in [5.41, 5.74) is 1.37. The van der Waals surface area contributed by atoms with E-state index in [1.54, 1.807) is 19.9 Å². The van der Waals surface area contributed by atoms with Crippen molar-refractivity contribution in [2.75, 3.05) is 0 Å². The maximum atomic E-state index is 12.6. The van der Waals surface area contributed by atoms with Gasteiger partial charge in [0.05, 0.1) is 0 Å². The molecule has 0 spiro atoms. The quantitative estimate of drug-likeness (QED) is 0.644. The van der Waals surface area contributed by atoms with Gasteiger partial charge in [-0.3, -0.25) is 4.79 Å². The first-order valence-electron chi connectivity index (χ1n) is 8.93. The van der Waals surface area contributed by atoms with Gasteiger partial charge in [-0.25, -0.2) is 0 Å². The topological polar surface area (TPSA) is 63.6 Å². The molecule has 0 aromatic heterocycles. The molecule has 4 heteroatoms. The van der Waals surface area contributed by atoms with Gasteiger partial charge in [-0.1, -0.05) is 37.3 Å². The number of carbonyl (C=O) groups is 2. The van der Waals surface area contributed by atoms with Gasteiger partial charge in [-0.2, -0.15) is 0 Å². The SMILES string of the molecule is CC(CCc1ccccc1)c1cc(O)c2c(c1)OC(C)(C)C(C=O)C2=O. The zero-order valence-electron chi connectivity index (χ0n) is 15.4. The molecule has 4 nitrogen and oxygen atoms in total. The molecule has 0 fully saturated rings. The molecular formula is C22H24O4. The van der Waals surface area contributed by atoms with Crippen LogP contribution in [0.15, 0.2) is 42.5 Å². The minimum atomic E-state index is -0.926. The molecule has 1 heterocycles. The number of rotatable bonds is 5. The molecule has 2 unspecified atom stereocenters. The average Bonchev–Trinajstić information content (AvgIpc) is 2.59. The van der Waals surface area contributed by atoms with Crippen molar-refractivity contribution >= 4 is 12.1 Å². The Bertz CT molecular complexity index is 824. The van der Waals surface area contributed by atoms with E-state index in [4.69, 9.17) is 4.74 Å². The Morgan fingerprint density at radius 3 is 2.58 bits per heavy atom. The smallest absolute Gasteiger partial charge is 0.184 e. The lowest BCUT2D eigenvalue weighted by molar-refractivity contribution is -0.114. The number of hydrogen-bond acceptors (Lipinski definition) is 4. The molecular weight excluding hydrogens is 328 g/mol. The zero-order valence-corrected chi connectivity index (χ0v) is 15.4. The molecule has 3 rings (SSSR count). The summed E-state index contributed by atoms with van der Waals surface area (Å²) in [6.07, 6.45) is 2.44. The van der Waals surface area contributed by atoms with E-state index < -0.39 is 11.5 Å². The second-order valence-corrected chi connectivity index (χ2v) is 7.52. The van der Waals surface area contributed by atoms with Crippen molar-refractivity contribution in [1.29, 1.82) is 0 Å². The number of aromatic hydroxyl groups is 1. The summed E-state index contributed by atoms with van der Waals surface area (Å²) in [6.45, 7) is 5.53. The van der Waals surface area contributed by atoms with Crippen molar-refractivity contribution in [2.45, 2.75) is 45.1 Å². The van der Waals surface area contributed by atoms with Crippen LogP contribution in [-0.2, 0) is 11.2 Å². The standard InChI is InChI=1S/C22H24O4/c1-14(9-10-15-7-5-4-6-8-15)16-11-18(24)20-19(12-16)26-22(2,3)17(13-23)21(20)25/h4-8,11-14,17,24H,9-10H2,1-3H3. The average molecular weight is 352 g/mol. The lowest BCUT2D eigenvalue weighted by atomic mass is 9.81. The number of phenols is 1. The normalized spacial score (nSPS) is 19.3. The van der Waals surface area contributed by atoms with E-state index in [0.29, 0.717) is 12.0 Å². The summed E-state index contributed by atoms with van der Waals surface area (Å²) < 4.78 is 5.92. The highest BCUT2D eigenvalue weighted by Crippen LogP contribution is 2.42. The van der Waals surface area contributed by atoms with Crippen LogP contribution in [0.25, 0.3) is 0 Å². The maximum Gasteiger partial charge on any atom is 0.184 e. The van der Waals surface area contributed by atoms with E-state index in [0.717, 1.165) is 18.4 Å². The lowest BCUT2D eigenvalue weighted by Gasteiger charge is -2.36. The molecule has 1 aliphatic heterocycles. The zero-order chi connectivity index (χ0) is 18.9. The third kappa shape index (κ3) is 3.36. The highest BCUT2D eigenvalue weighted by Gasteiger charge is 2.44. The number of aryl methyl sites for hydroxylation is 1. The largest absolute Gasteiger partial charge is 0.507 e. The van der Waals surface area contributed by atoms with Gasteiger partial charge in [-0.15, -0.1) is 0 Å². The van der Waals surface area contributed by atoms with Gasteiger partial charge in [0, 0.05) is 0 Å². The van der Waals surface area contributed by atoms with Gasteiger partial charge < -0.3 is 14.6 Å². The fraction of sp³-hybridized carbons (Fsp3) is 0.364. The first-order valence-corrected chi connectivity index (χ1v) is 8.93. The molecule has 26 heavy (non-hydrogen) atoms. The third-order valence-electron chi connectivity index (χ3n) is 5.17. The lowest BCUT2D eigenvalue weighted by Crippen LogP contribution is -2.46. The monoisotopic (exact) mass is 352 g/mol. The van der Waals surface area contributed by atoms with Gasteiger partial charge in [0.2, 0.25) is 0 Å². The van der Waals surface area contributed by atoms with Crippen LogP contribution >= 0.6 is 0 Å². The number of Topliss-reactive ketones (excluding diaryl/α,β-unsaturated/α-hetero) is 1. The number of aldehydes is 1. The molecule has 0 radical (unpaired) electrons. The van der Waals surface area contributed by atoms with Crippen molar-refractivity contribution in [3.63, 3.8) is 0 Å². The molecule has 0 saturated carbocycles. The van der Waals surface area contributed by atoms with E-state index in [1.807, 2.05) is 24.3 Å². The van der Waals surface area contributed by atoms with Gasteiger partial charge in [0.15, 0.2) is 5.78 Å². The number of hydrogen-bond donors (Lipinski definition) is 1. The predicted octanol–water partition coefficient (Wildman–Crippen LogP) is 4.30. The number of benzene rings is 2. The van der Waals surface area contributed by atoms with Crippen LogP contribution in [0.2, 0.25) is 0 Å². The van der Waals surface area contributed by atoms with Crippen molar-refractivity contribution in [3.05, 3.63) is 59.2 Å². The summed E-state index contributed by atoms with van der Waals surface area (Å²) >= 11 is 0. The first kappa shape index (κ1) is 18.2. The maximum absolute atomic E-state index is 12.6. The minimum Gasteiger partial charge on any atom is -0.507 e. The fourth-order valence-electron chi connectivity index (χ4n) is 3.47. The van der Waals surface area contributed by atoms with Crippen LogP contribution < -0.4 is 4.74 Å². The first-order chi connectivity index (χ1) is 12.3. The number of phenolic OH excluding ortho intramolecular Hbond substituents is 1. The Hall–Kier alpha value is -2.62. The van der Waals surface area contributed by atoms with Gasteiger partial charge in [0.1, 0.15) is 34.9 Å². The van der Waals surface area contributed by atoms with Gasteiger partial charge >= 0.3 is 0 Å². The van der Waals surface area contributed by atoms with Crippen molar-refractivity contribution in [3.8, 4) is 11.5 Å². The Morgan fingerprint density at radius 1 is 1.23 bits per heavy atom. The van der Waals surface area contributed by atoms with Crippen molar-refractivity contribution in [1.82, 2.24) is 0 Å². The molecule has 1 aliphatic rings. The van der Waals surface area contributed by atoms with Gasteiger partial charge in [0.25, 0.3) is 0 Å². The molecule has 136 valence electrons. The Labute approximate surface area is 153 Å². The Morgan fingerprint density at radius 2 is 1.92 bits per heavy atom. The second kappa shape index (κ2) is 6.94.